The highest BCUT2D eigenvalue weighted by Crippen LogP contribution is 2.87. The lowest BCUT2D eigenvalue weighted by Gasteiger charge is -2.61. The minimum atomic E-state index is -1.75. The van der Waals surface area contributed by atoms with Crippen LogP contribution in [0.3, 0.4) is 0 Å². The summed E-state index contributed by atoms with van der Waals surface area (Å²) in [6, 6.07) is 0. The second-order valence-corrected chi connectivity index (χ2v) is 29.3. The van der Waals surface area contributed by atoms with Gasteiger partial charge in [-0.1, -0.05) is 40.7 Å². The SMILES string of the molecule is CC(=O)O[C@H]1C[C@@]2(C)[C@@H]3CC[C@H]4[C@H](C)C(=O)C=C[C@@]45C[C@@]35CC[C@]2(C)[C@H]1[C@H](C)[C@H]1OC(=O)C2=C(C1=O)[C@@H](C)COC(=O)CN(CCCN(CCCCN(CCCNC(=O)OC(C)(C)C)C(=O)OC(C)(C)C)C(=O)OC(C)(C)C)C(=O)OC2(C)C. The van der Waals surface area contributed by atoms with Gasteiger partial charge in [-0.15, -0.1) is 0 Å². The lowest BCUT2D eigenvalue weighted by atomic mass is 9.43. The zero-order valence-electron chi connectivity index (χ0n) is 53.4. The highest BCUT2D eigenvalue weighted by atomic mass is 16.6. The number of alkyl carbamates (subject to hydrolysis) is 1. The number of ether oxygens (including phenoxy) is 7. The largest absolute Gasteiger partial charge is 0.464 e. The van der Waals surface area contributed by atoms with Crippen molar-refractivity contribution in [3.63, 3.8) is 0 Å². The number of unbranched alkanes of at least 4 members (excludes halogenated alkanes) is 1. The zero-order valence-corrected chi connectivity index (χ0v) is 53.4. The summed E-state index contributed by atoms with van der Waals surface area (Å²) in [4.78, 5) is 128. The molecular formula is C64H98N4O16. The molecule has 2 aliphatic heterocycles. The molecule has 0 unspecified atom stereocenters. The molecule has 20 heteroatoms. The van der Waals surface area contributed by atoms with Crippen molar-refractivity contribution >= 4 is 53.8 Å². The number of Topliss-reactive ketones (excluding diaryl/α,β-unsaturated/α-hetero) is 1. The summed E-state index contributed by atoms with van der Waals surface area (Å²) >= 11 is 0. The number of amides is 4. The van der Waals surface area contributed by atoms with Crippen molar-refractivity contribution in [3.05, 3.63) is 23.3 Å². The van der Waals surface area contributed by atoms with E-state index in [1.54, 1.807) is 74.1 Å². The smallest absolute Gasteiger partial charge is 0.411 e. The van der Waals surface area contributed by atoms with Gasteiger partial charge in [0.15, 0.2) is 11.9 Å². The maximum atomic E-state index is 15.4. The van der Waals surface area contributed by atoms with Crippen molar-refractivity contribution in [3.8, 4) is 0 Å². The van der Waals surface area contributed by atoms with Crippen LogP contribution in [-0.4, -0.2) is 156 Å². The third kappa shape index (κ3) is 13.6. The molecule has 0 aromatic heterocycles. The van der Waals surface area contributed by atoms with Crippen molar-refractivity contribution in [2.75, 3.05) is 52.4 Å². The Labute approximate surface area is 497 Å². The van der Waals surface area contributed by atoms with E-state index in [2.05, 4.69) is 32.2 Å². The number of allylic oxidation sites excluding steroid dienone is 2. The fraction of sp³-hybridized carbons (Fsp3) is 0.797. The molecular weight excluding hydrogens is 1080 g/mol. The van der Waals surface area contributed by atoms with Crippen LogP contribution < -0.4 is 5.32 Å². The van der Waals surface area contributed by atoms with E-state index in [0.29, 0.717) is 31.6 Å². The van der Waals surface area contributed by atoms with Crippen LogP contribution in [0.1, 0.15) is 182 Å². The van der Waals surface area contributed by atoms with Crippen molar-refractivity contribution in [1.82, 2.24) is 20.0 Å². The molecule has 2 heterocycles. The van der Waals surface area contributed by atoms with Crippen LogP contribution in [0.15, 0.2) is 23.3 Å². The molecule has 0 radical (unpaired) electrons. The number of esters is 3. The first-order valence-electron chi connectivity index (χ1n) is 30.8. The van der Waals surface area contributed by atoms with E-state index < -0.39 is 112 Å². The monoisotopic (exact) mass is 1180 g/mol. The molecule has 1 N–H and O–H groups in total. The summed E-state index contributed by atoms with van der Waals surface area (Å²) in [6.07, 6.45) is 6.22. The highest BCUT2D eigenvalue weighted by Gasteiger charge is 2.82. The van der Waals surface area contributed by atoms with Gasteiger partial charge in [-0.2, -0.15) is 0 Å². The van der Waals surface area contributed by atoms with E-state index in [1.807, 2.05) is 13.0 Å². The molecule has 4 fully saturated rings. The first-order valence-corrected chi connectivity index (χ1v) is 30.8. The third-order valence-electron chi connectivity index (χ3n) is 19.7. The summed E-state index contributed by atoms with van der Waals surface area (Å²) in [7, 11) is 0. The maximum Gasteiger partial charge on any atom is 0.411 e. The van der Waals surface area contributed by atoms with Gasteiger partial charge in [0.2, 0.25) is 5.78 Å². The number of hydrogen-bond acceptors (Lipinski definition) is 16. The lowest BCUT2D eigenvalue weighted by Crippen LogP contribution is -2.56. The summed E-state index contributed by atoms with van der Waals surface area (Å²) in [5.74, 6) is -3.67. The Kier molecular flexibility index (Phi) is 19.0. The third-order valence-corrected chi connectivity index (χ3v) is 19.7. The molecule has 0 aromatic carbocycles. The van der Waals surface area contributed by atoms with E-state index in [4.69, 9.17) is 33.2 Å². The zero-order chi connectivity index (χ0) is 62.5. The van der Waals surface area contributed by atoms with Crippen molar-refractivity contribution in [1.29, 1.82) is 0 Å². The first-order chi connectivity index (χ1) is 38.8. The Hall–Kier alpha value is -5.69. The molecule has 5 aliphatic carbocycles. The molecule has 2 spiro atoms. The van der Waals surface area contributed by atoms with E-state index >= 15 is 4.79 Å². The Balaban J connectivity index is 1.04. The second-order valence-electron chi connectivity index (χ2n) is 29.3. The van der Waals surface area contributed by atoms with E-state index in [-0.39, 0.29) is 97.3 Å². The van der Waals surface area contributed by atoms with Gasteiger partial charge >= 0.3 is 42.3 Å². The molecule has 0 saturated heterocycles. The lowest BCUT2D eigenvalue weighted by molar-refractivity contribution is -0.169. The molecule has 0 bridgehead atoms. The minimum Gasteiger partial charge on any atom is -0.464 e. The van der Waals surface area contributed by atoms with Crippen LogP contribution in [0.4, 0.5) is 19.2 Å². The highest BCUT2D eigenvalue weighted by molar-refractivity contribution is 6.11. The van der Waals surface area contributed by atoms with Crippen molar-refractivity contribution < 1.29 is 76.3 Å². The molecule has 470 valence electrons. The number of ketones is 2. The summed E-state index contributed by atoms with van der Waals surface area (Å²) in [6.45, 7) is 30.8. The Morgan fingerprint density at radius 2 is 1.37 bits per heavy atom. The van der Waals surface area contributed by atoms with E-state index in [9.17, 15) is 38.4 Å². The molecule has 20 nitrogen and oxygen atoms in total. The molecule has 12 atom stereocenters. The van der Waals surface area contributed by atoms with Gasteiger partial charge in [0.1, 0.15) is 35.1 Å². The maximum absolute atomic E-state index is 15.4. The molecule has 4 saturated carbocycles. The van der Waals surface area contributed by atoms with Crippen LogP contribution in [0.2, 0.25) is 0 Å². The fourth-order valence-corrected chi connectivity index (χ4v) is 16.0. The van der Waals surface area contributed by atoms with Gasteiger partial charge in [0, 0.05) is 75.4 Å². The van der Waals surface area contributed by atoms with Gasteiger partial charge < -0.3 is 48.3 Å². The van der Waals surface area contributed by atoms with Crippen LogP contribution in [0, 0.1) is 57.2 Å². The predicted molar refractivity (Wildman–Crippen MR) is 310 cm³/mol. The predicted octanol–water partition coefficient (Wildman–Crippen LogP) is 10.3. The number of hydrogen-bond donors (Lipinski definition) is 1. The van der Waals surface area contributed by atoms with Crippen LogP contribution in [0.5, 0.6) is 0 Å². The molecule has 7 rings (SSSR count). The summed E-state index contributed by atoms with van der Waals surface area (Å²) < 4.78 is 41.3. The number of carbonyl (C=O) groups is 9. The van der Waals surface area contributed by atoms with Crippen LogP contribution >= 0.6 is 0 Å². The first kappa shape index (κ1) is 65.8. The number of nitrogens with zero attached hydrogens (tertiary/aromatic N) is 3. The Morgan fingerprint density at radius 1 is 0.786 bits per heavy atom. The Morgan fingerprint density at radius 3 is 1.95 bits per heavy atom. The average molecular weight is 1180 g/mol. The van der Waals surface area contributed by atoms with Gasteiger partial charge in [0.05, 0.1) is 12.2 Å². The minimum absolute atomic E-state index is 0.0200. The van der Waals surface area contributed by atoms with Crippen molar-refractivity contribution in [2.24, 2.45) is 57.2 Å². The Bertz CT molecular complexity index is 2640. The number of fused-ring (bicyclic) bond motifs is 2. The average Bonchev–Trinajstić information content (AvgIpc) is 1.47. The number of cyclic esters (lactones) is 3. The topological polar surface area (TPSA) is 240 Å². The molecule has 0 aromatic rings. The molecule has 84 heavy (non-hydrogen) atoms. The summed E-state index contributed by atoms with van der Waals surface area (Å²) in [5, 5.41) is 2.71. The van der Waals surface area contributed by atoms with E-state index in [0.717, 1.165) is 37.0 Å². The van der Waals surface area contributed by atoms with Gasteiger partial charge in [-0.3, -0.25) is 24.1 Å². The number of carbonyl (C=O) groups excluding carboxylic acids is 9. The van der Waals surface area contributed by atoms with Crippen LogP contribution in [-0.2, 0) is 57.1 Å². The number of nitrogens with one attached hydrogen (secondary N) is 1. The molecule has 4 amide bonds. The quantitative estimate of drug-likeness (QED) is 0.0858. The van der Waals surface area contributed by atoms with Gasteiger partial charge in [-0.25, -0.2) is 24.0 Å². The molecule has 7 aliphatic rings. The van der Waals surface area contributed by atoms with Crippen molar-refractivity contribution in [2.45, 2.75) is 217 Å². The summed E-state index contributed by atoms with van der Waals surface area (Å²) in [5.41, 5.74) is -4.90. The number of rotatable bonds is 16. The fourth-order valence-electron chi connectivity index (χ4n) is 16.0. The standard InChI is InChI=1S/C64H98N4O16/c1-38-36-78-46(71)35-68(33-21-32-67(55(76)83-59(11,12)13)30-19-18-29-66(54(75)82-58(8,9)10)31-20-28-65-53(74)81-57(5,6)7)56(77)84-60(14,15)49-47(38)50(72)51(80-52(49)73)40(3)48-44(79-41(4)69)34-62(17)45-23-22-42-39(2)43(70)24-25-63(42)37-64(45,63)27-26-61(48,62)16/h24-25,38-40,42,44-45,48,51H,18-23,26-37H2,1-17H3,(H,65,74)/t38-,39-,40-,42-,44-,45-,48-,51+,61+,62-,63+,64-/m0/s1. The second kappa shape index (κ2) is 24.2. The van der Waals surface area contributed by atoms with Crippen LogP contribution in [0.25, 0.3) is 0 Å². The normalized spacial score (nSPS) is 32.3. The van der Waals surface area contributed by atoms with Gasteiger partial charge in [-0.05, 0) is 180 Å². The van der Waals surface area contributed by atoms with Gasteiger partial charge in [0.25, 0.3) is 0 Å². The van der Waals surface area contributed by atoms with E-state index in [1.165, 1.54) is 25.7 Å².